The molecule has 12 heavy (non-hydrogen) atoms. The van der Waals surface area contributed by atoms with Crippen LogP contribution in [0.4, 0.5) is 0 Å². The van der Waals surface area contributed by atoms with Crippen molar-refractivity contribution < 1.29 is 5.11 Å². The van der Waals surface area contributed by atoms with Crippen LogP contribution in [0.1, 0.15) is 31.7 Å². The number of aliphatic hydroxyl groups excluding tert-OH is 1. The maximum Gasteiger partial charge on any atom is 0.112 e. The first-order chi connectivity index (χ1) is 5.65. The van der Waals surface area contributed by atoms with E-state index in [1.165, 1.54) is 0 Å². The van der Waals surface area contributed by atoms with Crippen LogP contribution in [0.3, 0.4) is 0 Å². The van der Waals surface area contributed by atoms with Crippen molar-refractivity contribution in [2.45, 2.75) is 26.0 Å². The van der Waals surface area contributed by atoms with Gasteiger partial charge in [0, 0.05) is 12.6 Å². The Bertz CT molecular complexity index is 245. The molecule has 0 aliphatic carbocycles. The van der Waals surface area contributed by atoms with E-state index in [1.807, 2.05) is 13.8 Å². The Morgan fingerprint density at radius 1 is 1.67 bits per heavy atom. The molecule has 5 heteroatoms. The molecule has 1 aromatic rings. The highest BCUT2D eigenvalue weighted by molar-refractivity contribution is 4.97. The second kappa shape index (κ2) is 3.64. The number of hydrogen-bond donors (Lipinski definition) is 2. The molecule has 0 spiro atoms. The molecular formula is C7H14N4O. The Kier molecular flexibility index (Phi) is 2.78. The zero-order valence-corrected chi connectivity index (χ0v) is 7.31. The quantitative estimate of drug-likeness (QED) is 0.661. The third-order valence-corrected chi connectivity index (χ3v) is 1.62. The molecule has 0 fully saturated rings. The first kappa shape index (κ1) is 9.15. The van der Waals surface area contributed by atoms with E-state index in [9.17, 15) is 5.11 Å². The molecule has 0 radical (unpaired) electrons. The summed E-state index contributed by atoms with van der Waals surface area (Å²) in [6.45, 7) is 4.16. The smallest absolute Gasteiger partial charge is 0.112 e. The summed E-state index contributed by atoms with van der Waals surface area (Å²) in [6, 6.07) is 0.260. The highest BCUT2D eigenvalue weighted by Crippen LogP contribution is 2.09. The molecule has 0 saturated carbocycles. The van der Waals surface area contributed by atoms with Crippen LogP contribution in [0, 0.1) is 0 Å². The topological polar surface area (TPSA) is 77.0 Å². The third-order valence-electron chi connectivity index (χ3n) is 1.62. The van der Waals surface area contributed by atoms with E-state index >= 15 is 0 Å². The lowest BCUT2D eigenvalue weighted by atomic mass is 10.3. The first-order valence-electron chi connectivity index (χ1n) is 3.95. The van der Waals surface area contributed by atoms with Gasteiger partial charge in [0.25, 0.3) is 0 Å². The second-order valence-electron chi connectivity index (χ2n) is 2.97. The molecule has 1 aromatic heterocycles. The van der Waals surface area contributed by atoms with Crippen LogP contribution in [-0.4, -0.2) is 26.6 Å². The van der Waals surface area contributed by atoms with Gasteiger partial charge in [-0.05, 0) is 13.8 Å². The Labute approximate surface area is 71.2 Å². The predicted molar refractivity (Wildman–Crippen MR) is 44.4 cm³/mol. The molecule has 1 heterocycles. The van der Waals surface area contributed by atoms with Gasteiger partial charge in [-0.2, -0.15) is 0 Å². The van der Waals surface area contributed by atoms with Gasteiger partial charge in [0.15, 0.2) is 0 Å². The monoisotopic (exact) mass is 170 g/mol. The largest absolute Gasteiger partial charge is 0.385 e. The maximum absolute atomic E-state index is 9.28. The molecule has 1 rings (SSSR count). The Balaban J connectivity index is 2.77. The Morgan fingerprint density at radius 3 is 2.75 bits per heavy atom. The number of aliphatic hydroxyl groups is 1. The van der Waals surface area contributed by atoms with E-state index in [2.05, 4.69) is 10.3 Å². The van der Waals surface area contributed by atoms with Crippen LogP contribution in [0.25, 0.3) is 0 Å². The SMILES string of the molecule is CC(C)n1cc(C(O)CN)nn1. The van der Waals surface area contributed by atoms with Gasteiger partial charge in [0.1, 0.15) is 11.8 Å². The number of aromatic nitrogens is 3. The van der Waals surface area contributed by atoms with Crippen LogP contribution in [0.15, 0.2) is 6.20 Å². The highest BCUT2D eigenvalue weighted by Gasteiger charge is 2.10. The number of hydrogen-bond acceptors (Lipinski definition) is 4. The summed E-state index contributed by atoms with van der Waals surface area (Å²) < 4.78 is 1.69. The van der Waals surface area contributed by atoms with E-state index in [-0.39, 0.29) is 12.6 Å². The van der Waals surface area contributed by atoms with Gasteiger partial charge in [-0.25, -0.2) is 4.68 Å². The van der Waals surface area contributed by atoms with Crippen LogP contribution in [0.2, 0.25) is 0 Å². The van der Waals surface area contributed by atoms with Crippen molar-refractivity contribution in [3.05, 3.63) is 11.9 Å². The molecule has 0 aromatic carbocycles. The molecule has 3 N–H and O–H groups in total. The molecule has 0 aliphatic rings. The number of nitrogens with two attached hydrogens (primary N) is 1. The normalized spacial score (nSPS) is 13.8. The lowest BCUT2D eigenvalue weighted by Crippen LogP contribution is -2.11. The predicted octanol–water partition coefficient (Wildman–Crippen LogP) is -0.149. The fourth-order valence-corrected chi connectivity index (χ4v) is 0.816. The van der Waals surface area contributed by atoms with Crippen LogP contribution in [0.5, 0.6) is 0 Å². The van der Waals surface area contributed by atoms with Crippen molar-refractivity contribution in [1.82, 2.24) is 15.0 Å². The van der Waals surface area contributed by atoms with Crippen LogP contribution >= 0.6 is 0 Å². The average Bonchev–Trinajstić information content (AvgIpc) is 2.51. The zero-order valence-electron chi connectivity index (χ0n) is 7.31. The van der Waals surface area contributed by atoms with E-state index in [0.29, 0.717) is 5.69 Å². The maximum atomic E-state index is 9.28. The van der Waals surface area contributed by atoms with E-state index in [1.54, 1.807) is 10.9 Å². The Morgan fingerprint density at radius 2 is 2.33 bits per heavy atom. The van der Waals surface area contributed by atoms with Crippen molar-refractivity contribution in [1.29, 1.82) is 0 Å². The minimum atomic E-state index is -0.697. The lowest BCUT2D eigenvalue weighted by Gasteiger charge is -2.02. The fourth-order valence-electron chi connectivity index (χ4n) is 0.816. The minimum absolute atomic E-state index is 0.177. The fraction of sp³-hybridized carbons (Fsp3) is 0.714. The van der Waals surface area contributed by atoms with E-state index in [4.69, 9.17) is 5.73 Å². The second-order valence-corrected chi connectivity index (χ2v) is 2.97. The molecule has 5 nitrogen and oxygen atoms in total. The Hall–Kier alpha value is -0.940. The molecule has 0 saturated heterocycles. The number of rotatable bonds is 3. The lowest BCUT2D eigenvalue weighted by molar-refractivity contribution is 0.181. The van der Waals surface area contributed by atoms with Crippen molar-refractivity contribution in [3.63, 3.8) is 0 Å². The van der Waals surface area contributed by atoms with Crippen molar-refractivity contribution >= 4 is 0 Å². The third kappa shape index (κ3) is 1.80. The molecule has 0 bridgehead atoms. The van der Waals surface area contributed by atoms with Gasteiger partial charge in [0.05, 0.1) is 6.20 Å². The summed E-state index contributed by atoms with van der Waals surface area (Å²) in [7, 11) is 0. The molecule has 0 aliphatic heterocycles. The molecule has 1 atom stereocenters. The summed E-state index contributed by atoms with van der Waals surface area (Å²) in [5.41, 5.74) is 5.80. The van der Waals surface area contributed by atoms with Gasteiger partial charge in [0.2, 0.25) is 0 Å². The van der Waals surface area contributed by atoms with E-state index in [0.717, 1.165) is 0 Å². The van der Waals surface area contributed by atoms with Crippen LogP contribution in [-0.2, 0) is 0 Å². The first-order valence-corrected chi connectivity index (χ1v) is 3.95. The van der Waals surface area contributed by atoms with Gasteiger partial charge in [-0.1, -0.05) is 5.21 Å². The van der Waals surface area contributed by atoms with Crippen LogP contribution < -0.4 is 5.73 Å². The van der Waals surface area contributed by atoms with Crippen molar-refractivity contribution in [3.8, 4) is 0 Å². The van der Waals surface area contributed by atoms with Gasteiger partial charge in [-0.15, -0.1) is 5.10 Å². The van der Waals surface area contributed by atoms with Gasteiger partial charge >= 0.3 is 0 Å². The molecule has 0 amide bonds. The summed E-state index contributed by atoms with van der Waals surface area (Å²) in [4.78, 5) is 0. The molecule has 68 valence electrons. The van der Waals surface area contributed by atoms with E-state index < -0.39 is 6.10 Å². The van der Waals surface area contributed by atoms with Gasteiger partial charge < -0.3 is 10.8 Å². The number of nitrogens with zero attached hydrogens (tertiary/aromatic N) is 3. The summed E-state index contributed by atoms with van der Waals surface area (Å²) in [5.74, 6) is 0. The van der Waals surface area contributed by atoms with Crippen molar-refractivity contribution in [2.24, 2.45) is 5.73 Å². The van der Waals surface area contributed by atoms with Crippen molar-refractivity contribution in [2.75, 3.05) is 6.54 Å². The zero-order chi connectivity index (χ0) is 9.14. The summed E-state index contributed by atoms with van der Waals surface area (Å²) >= 11 is 0. The molecule has 1 unspecified atom stereocenters. The summed E-state index contributed by atoms with van der Waals surface area (Å²) in [6.07, 6.45) is 1.01. The minimum Gasteiger partial charge on any atom is -0.385 e. The van der Waals surface area contributed by atoms with Gasteiger partial charge in [-0.3, -0.25) is 0 Å². The molecular weight excluding hydrogens is 156 g/mol. The summed E-state index contributed by atoms with van der Waals surface area (Å²) in [5, 5.41) is 16.9. The standard InChI is InChI=1S/C7H14N4O/c1-5(2)11-4-6(9-10-11)7(12)3-8/h4-5,7,12H,3,8H2,1-2H3. The highest BCUT2D eigenvalue weighted by atomic mass is 16.3. The average molecular weight is 170 g/mol.